The van der Waals surface area contributed by atoms with Gasteiger partial charge in [0.15, 0.2) is 0 Å². The molecule has 0 saturated heterocycles. The van der Waals surface area contributed by atoms with Crippen LogP contribution in [0.4, 0.5) is 0 Å². The Kier molecular flexibility index (Phi) is 425. The number of rotatable bonds is 16. The SMILES string of the molecule is CC[N+](CC)(CC)CC.CC[N+](CC)(CC)CC.CC[N+](CC)(CC)CC.CC[N+](CC)(CC)CC.[C-]#[O+].[C-]#[O+].[C-]#[O+].[C-]#[O+].[C-]#[O+].[C-]#[O+].[C-]#[O+].[C-]#[O+].[C-]#[O+].[C-]#[O+].[C-]#[O+].[C-]#[O+].[Mo].[Mo].[Mo].[Mo].[OH-].[OH-].[OH-].[OH-]. The number of hydrogen-bond donors (Lipinski definition) is 0. The summed E-state index contributed by atoms with van der Waals surface area (Å²) in [4.78, 5) is 0. The maximum absolute atomic E-state index is 7.50. The van der Waals surface area contributed by atoms with Gasteiger partial charge in [0.2, 0.25) is 0 Å². The second-order valence-corrected chi connectivity index (χ2v) is 10.4. The van der Waals surface area contributed by atoms with Gasteiger partial charge in [0, 0.05) is 84.3 Å². The van der Waals surface area contributed by atoms with Crippen LogP contribution in [0.15, 0.2) is 0 Å². The van der Waals surface area contributed by atoms with Crippen molar-refractivity contribution in [2.75, 3.05) is 105 Å². The third kappa shape index (κ3) is 121. The van der Waals surface area contributed by atoms with Crippen LogP contribution in [0.1, 0.15) is 111 Å². The first-order valence-corrected chi connectivity index (χ1v) is 18.8. The molecular weight excluding hydrogens is 1220 g/mol. The summed E-state index contributed by atoms with van der Waals surface area (Å²) in [6.07, 6.45) is 0. The van der Waals surface area contributed by atoms with Crippen molar-refractivity contribution in [3.8, 4) is 0 Å². The van der Waals surface area contributed by atoms with E-state index in [4.69, 9.17) is 55.8 Å². The Morgan fingerprint density at radius 2 is 0.191 bits per heavy atom. The molecule has 0 spiro atoms. The molecule has 0 bridgehead atoms. The zero-order valence-corrected chi connectivity index (χ0v) is 51.5. The predicted octanol–water partition coefficient (Wildman–Crippen LogP) is 6.36. The quantitative estimate of drug-likeness (QED) is 0.0736. The Morgan fingerprint density at radius 1 is 0.162 bits per heavy atom. The van der Waals surface area contributed by atoms with Crippen molar-refractivity contribution < 1.29 is 180 Å². The van der Waals surface area contributed by atoms with Crippen molar-refractivity contribution in [3.63, 3.8) is 0 Å². The normalized spacial score (nSPS) is 6.71. The summed E-state index contributed by atoms with van der Waals surface area (Å²) in [5.41, 5.74) is 0. The molecule has 0 heterocycles. The fourth-order valence-corrected chi connectivity index (χ4v) is 5.37. The maximum atomic E-state index is 7.50. The van der Waals surface area contributed by atoms with E-state index >= 15 is 0 Å². The molecule has 0 atom stereocenters. The molecule has 0 radical (unpaired) electrons. The van der Waals surface area contributed by atoms with Crippen molar-refractivity contribution in [2.24, 2.45) is 0 Å². The molecule has 0 aromatic rings. The van der Waals surface area contributed by atoms with Gasteiger partial charge in [-0.15, -0.1) is 0 Å². The van der Waals surface area contributed by atoms with Crippen molar-refractivity contribution in [3.05, 3.63) is 79.8 Å². The summed E-state index contributed by atoms with van der Waals surface area (Å²) in [7, 11) is 0. The van der Waals surface area contributed by atoms with E-state index < -0.39 is 0 Å². The Morgan fingerprint density at radius 3 is 0.191 bits per heavy atom. The molecule has 24 heteroatoms. The van der Waals surface area contributed by atoms with Crippen LogP contribution in [-0.4, -0.2) is 145 Å². The molecule has 0 aliphatic heterocycles. The smallest absolute Gasteiger partial charge is 0 e. The van der Waals surface area contributed by atoms with E-state index in [1.807, 2.05) is 0 Å². The minimum Gasteiger partial charge on any atom is -0.870 e. The molecule has 0 unspecified atom stereocenters. The zero-order chi connectivity index (χ0) is 53.3. The van der Waals surface area contributed by atoms with E-state index in [9.17, 15) is 0 Å². The van der Waals surface area contributed by atoms with E-state index in [0.717, 1.165) is 0 Å². The van der Waals surface area contributed by atoms with Gasteiger partial charge in [-0.3, -0.25) is 0 Å². The van der Waals surface area contributed by atoms with Crippen LogP contribution >= 0.6 is 0 Å². The molecule has 0 aliphatic carbocycles. The summed E-state index contributed by atoms with van der Waals surface area (Å²) >= 11 is 0. The summed E-state index contributed by atoms with van der Waals surface area (Å²) in [5, 5.41) is 0. The van der Waals surface area contributed by atoms with Crippen molar-refractivity contribution in [1.82, 2.24) is 0 Å². The third-order valence-electron chi connectivity index (χ3n) is 10.7. The summed E-state index contributed by atoms with van der Waals surface area (Å²) in [5.74, 6) is 0. The molecule has 400 valence electrons. The monoisotopic (exact) mass is 1320 g/mol. The molecule has 0 amide bonds. The first kappa shape index (κ1) is 158. The molecule has 68 heavy (non-hydrogen) atoms. The molecule has 0 aromatic carbocycles. The van der Waals surface area contributed by atoms with E-state index in [-0.39, 0.29) is 106 Å². The largest absolute Gasteiger partial charge is 0.870 e. The Hall–Kier alpha value is -0.687. The standard InChI is InChI=1S/4C8H20N.12CO.4Mo.4H2O/c4*1-5-9(6-2,7-3)8-4;12*1-2;;;;;;;;/h4*5-8H2,1-4H3;;;;;;;;;;;;;;;;;4*1H2/q4*+1;;;;;;;;;;;;;;;;;;;;/p-4. The van der Waals surface area contributed by atoms with Gasteiger partial charge in [0.25, 0.3) is 0 Å². The minimum atomic E-state index is 0. The first-order chi connectivity index (χ1) is 29.0. The topological polar surface area (TPSA) is 359 Å². The Labute approximate surface area is 471 Å². The summed E-state index contributed by atoms with van der Waals surface area (Å²) in [6.45, 7) is 111. The molecule has 0 rings (SSSR count). The first-order valence-electron chi connectivity index (χ1n) is 18.8. The Balaban J connectivity index is -0.0000000145. The summed E-state index contributed by atoms with van der Waals surface area (Å²) in [6, 6.07) is 0. The number of quaternary nitrogens is 4. The fourth-order valence-electron chi connectivity index (χ4n) is 5.37. The molecule has 0 saturated carbocycles. The van der Waals surface area contributed by atoms with Gasteiger partial charge in [-0.25, -0.2) is 0 Å². The van der Waals surface area contributed by atoms with Gasteiger partial charge >= 0.3 is 136 Å². The van der Waals surface area contributed by atoms with Gasteiger partial charge in [0.1, 0.15) is 0 Å². The summed E-state index contributed by atoms with van der Waals surface area (Å²) < 4.78 is 95.1. The van der Waals surface area contributed by atoms with Crippen molar-refractivity contribution >= 4 is 0 Å². The molecule has 0 aromatic heterocycles. The molecule has 0 fully saturated rings. The van der Waals surface area contributed by atoms with Crippen molar-refractivity contribution in [1.29, 1.82) is 0 Å². The number of hydrogen-bond acceptors (Lipinski definition) is 4. The van der Waals surface area contributed by atoms with Crippen LogP contribution in [0.2, 0.25) is 0 Å². The maximum Gasteiger partial charge on any atom is 0 e. The second kappa shape index (κ2) is 183. The Bertz CT molecular complexity index is 683. The van der Waals surface area contributed by atoms with E-state index in [1.165, 1.54) is 123 Å². The van der Waals surface area contributed by atoms with E-state index in [0.29, 0.717) is 0 Å². The molecular formula is C44H84Mo4N4O16. The van der Waals surface area contributed by atoms with Crippen LogP contribution in [0.25, 0.3) is 0 Å². The molecule has 0 aliphatic rings. The minimum absolute atomic E-state index is 0. The van der Waals surface area contributed by atoms with Crippen LogP contribution in [0.5, 0.6) is 0 Å². The average molecular weight is 1310 g/mol. The third-order valence-corrected chi connectivity index (χ3v) is 10.7. The average Bonchev–Trinajstić information content (AvgIpc) is 3.40. The molecule has 20 nitrogen and oxygen atoms in total. The van der Waals surface area contributed by atoms with Crippen LogP contribution in [0, 0.1) is 79.8 Å². The van der Waals surface area contributed by atoms with Crippen LogP contribution < -0.4 is 0 Å². The van der Waals surface area contributed by atoms with Crippen LogP contribution in [0.3, 0.4) is 0 Å². The molecule has 4 N–H and O–H groups in total. The van der Waals surface area contributed by atoms with E-state index in [2.05, 4.69) is 191 Å². The number of nitrogens with zero attached hydrogens (tertiary/aromatic N) is 4. The zero-order valence-electron chi connectivity index (χ0n) is 43.4. The van der Waals surface area contributed by atoms with E-state index in [1.54, 1.807) is 0 Å². The van der Waals surface area contributed by atoms with Gasteiger partial charge < -0.3 is 39.8 Å². The fraction of sp³-hybridized carbons (Fsp3) is 0.727. The van der Waals surface area contributed by atoms with Gasteiger partial charge in [-0.1, -0.05) is 0 Å². The van der Waals surface area contributed by atoms with Crippen LogP contribution in [-0.2, 0) is 140 Å². The van der Waals surface area contributed by atoms with Gasteiger partial charge in [0.05, 0.1) is 105 Å². The second-order valence-electron chi connectivity index (χ2n) is 10.4. The van der Waals surface area contributed by atoms with Gasteiger partial charge in [-0.05, 0) is 111 Å². The van der Waals surface area contributed by atoms with Crippen molar-refractivity contribution in [2.45, 2.75) is 111 Å². The predicted molar refractivity (Wildman–Crippen MR) is 225 cm³/mol. The van der Waals surface area contributed by atoms with Gasteiger partial charge in [-0.2, -0.15) is 0 Å².